The van der Waals surface area contributed by atoms with Gasteiger partial charge in [-0.3, -0.25) is 0 Å². The Hall–Kier alpha value is -1.88. The smallest absolute Gasteiger partial charge is 0.132 e. The third kappa shape index (κ3) is 3.04. The Bertz CT molecular complexity index is 455. The Balaban J connectivity index is 2.07. The summed E-state index contributed by atoms with van der Waals surface area (Å²) in [4.78, 5) is 10.5. The molecule has 0 bridgehead atoms. The van der Waals surface area contributed by atoms with Crippen LogP contribution in [-0.4, -0.2) is 23.6 Å². The molecule has 0 fully saturated rings. The summed E-state index contributed by atoms with van der Waals surface area (Å²) in [5.41, 5.74) is 7.60. The van der Waals surface area contributed by atoms with Crippen molar-refractivity contribution in [1.29, 1.82) is 0 Å². The molecular formula is C12H16N4O. The van der Waals surface area contributed by atoms with E-state index in [1.807, 2.05) is 24.1 Å². The molecule has 2 rings (SSSR count). The fourth-order valence-corrected chi connectivity index (χ4v) is 1.62. The molecule has 5 nitrogen and oxygen atoms in total. The quantitative estimate of drug-likeness (QED) is 0.839. The summed E-state index contributed by atoms with van der Waals surface area (Å²) in [5, 5.41) is 0. The van der Waals surface area contributed by atoms with Crippen molar-refractivity contribution in [3.8, 4) is 0 Å². The monoisotopic (exact) mass is 232 g/mol. The van der Waals surface area contributed by atoms with Gasteiger partial charge in [-0.25, -0.2) is 9.97 Å². The SMILES string of the molecule is CN(Cc1ccoc1)c1cc(CCN)ncn1. The lowest BCUT2D eigenvalue weighted by Gasteiger charge is -2.17. The number of nitrogens with zero attached hydrogens (tertiary/aromatic N) is 3. The molecule has 0 aliphatic rings. The van der Waals surface area contributed by atoms with Crippen molar-refractivity contribution >= 4 is 5.82 Å². The molecule has 0 aromatic carbocycles. The van der Waals surface area contributed by atoms with Crippen molar-refractivity contribution in [2.24, 2.45) is 5.73 Å². The van der Waals surface area contributed by atoms with Crippen LogP contribution in [0.1, 0.15) is 11.3 Å². The van der Waals surface area contributed by atoms with E-state index in [9.17, 15) is 0 Å². The van der Waals surface area contributed by atoms with E-state index in [1.54, 1.807) is 18.9 Å². The van der Waals surface area contributed by atoms with Crippen LogP contribution in [0.4, 0.5) is 5.82 Å². The first-order valence-electron chi connectivity index (χ1n) is 5.53. The predicted octanol–water partition coefficient (Wildman–Crippen LogP) is 1.21. The van der Waals surface area contributed by atoms with Gasteiger partial charge in [0.25, 0.3) is 0 Å². The lowest BCUT2D eigenvalue weighted by Crippen LogP contribution is -2.18. The third-order valence-electron chi connectivity index (χ3n) is 2.50. The molecule has 5 heteroatoms. The first kappa shape index (κ1) is 11.6. The van der Waals surface area contributed by atoms with Crippen LogP contribution >= 0.6 is 0 Å². The average Bonchev–Trinajstić information content (AvgIpc) is 2.83. The molecule has 0 unspecified atom stereocenters. The summed E-state index contributed by atoms with van der Waals surface area (Å²) in [7, 11) is 1.99. The lowest BCUT2D eigenvalue weighted by molar-refractivity contribution is 0.563. The summed E-state index contributed by atoms with van der Waals surface area (Å²) in [6.07, 6.45) is 5.75. The van der Waals surface area contributed by atoms with Gasteiger partial charge in [-0.15, -0.1) is 0 Å². The Morgan fingerprint density at radius 1 is 1.41 bits per heavy atom. The normalized spacial score (nSPS) is 10.5. The molecule has 0 saturated carbocycles. The maximum atomic E-state index is 5.51. The van der Waals surface area contributed by atoms with Crippen molar-refractivity contribution in [3.05, 3.63) is 42.2 Å². The van der Waals surface area contributed by atoms with Crippen molar-refractivity contribution in [1.82, 2.24) is 9.97 Å². The van der Waals surface area contributed by atoms with Gasteiger partial charge in [0.1, 0.15) is 12.1 Å². The van der Waals surface area contributed by atoms with E-state index in [0.29, 0.717) is 6.54 Å². The minimum absolute atomic E-state index is 0.599. The highest BCUT2D eigenvalue weighted by Crippen LogP contribution is 2.13. The minimum Gasteiger partial charge on any atom is -0.472 e. The van der Waals surface area contributed by atoms with Crippen LogP contribution in [0.3, 0.4) is 0 Å². The first-order chi connectivity index (χ1) is 8.29. The molecule has 0 spiro atoms. The number of furan rings is 1. The van der Waals surface area contributed by atoms with E-state index in [-0.39, 0.29) is 0 Å². The molecule has 0 amide bonds. The topological polar surface area (TPSA) is 68.2 Å². The minimum atomic E-state index is 0.599. The summed E-state index contributed by atoms with van der Waals surface area (Å²) in [6, 6.07) is 3.91. The average molecular weight is 232 g/mol. The van der Waals surface area contributed by atoms with Crippen molar-refractivity contribution < 1.29 is 4.42 Å². The van der Waals surface area contributed by atoms with E-state index in [0.717, 1.165) is 30.0 Å². The van der Waals surface area contributed by atoms with Gasteiger partial charge in [0.05, 0.1) is 12.5 Å². The van der Waals surface area contributed by atoms with Crippen LogP contribution in [0.25, 0.3) is 0 Å². The van der Waals surface area contributed by atoms with Crippen LogP contribution in [0, 0.1) is 0 Å². The van der Waals surface area contributed by atoms with Crippen molar-refractivity contribution in [2.45, 2.75) is 13.0 Å². The largest absolute Gasteiger partial charge is 0.472 e. The Labute approximate surface area is 100 Å². The fourth-order valence-electron chi connectivity index (χ4n) is 1.62. The molecule has 0 saturated heterocycles. The molecule has 17 heavy (non-hydrogen) atoms. The van der Waals surface area contributed by atoms with Crippen LogP contribution in [0.5, 0.6) is 0 Å². The molecule has 2 aromatic rings. The van der Waals surface area contributed by atoms with Crippen molar-refractivity contribution in [2.75, 3.05) is 18.5 Å². The molecule has 2 aromatic heterocycles. The van der Waals surface area contributed by atoms with Crippen LogP contribution in [-0.2, 0) is 13.0 Å². The fraction of sp³-hybridized carbons (Fsp3) is 0.333. The molecule has 0 aliphatic carbocycles. The van der Waals surface area contributed by atoms with E-state index >= 15 is 0 Å². The Morgan fingerprint density at radius 3 is 3.00 bits per heavy atom. The van der Waals surface area contributed by atoms with Gasteiger partial charge in [-0.05, 0) is 12.6 Å². The number of aromatic nitrogens is 2. The van der Waals surface area contributed by atoms with Gasteiger partial charge in [-0.1, -0.05) is 0 Å². The second kappa shape index (κ2) is 5.45. The third-order valence-corrected chi connectivity index (χ3v) is 2.50. The number of anilines is 1. The van der Waals surface area contributed by atoms with E-state index in [4.69, 9.17) is 10.2 Å². The molecule has 2 heterocycles. The summed E-state index contributed by atoms with van der Waals surface area (Å²) in [5.74, 6) is 0.893. The van der Waals surface area contributed by atoms with E-state index in [2.05, 4.69) is 9.97 Å². The van der Waals surface area contributed by atoms with Gasteiger partial charge < -0.3 is 15.1 Å². The number of rotatable bonds is 5. The summed E-state index contributed by atoms with van der Waals surface area (Å²) < 4.78 is 5.04. The standard InChI is InChI=1S/C12H16N4O/c1-16(7-10-3-5-17-8-10)12-6-11(2-4-13)14-9-15-12/h3,5-6,8-9H,2,4,7,13H2,1H3. The molecule has 0 radical (unpaired) electrons. The maximum absolute atomic E-state index is 5.51. The zero-order valence-electron chi connectivity index (χ0n) is 9.84. The van der Waals surface area contributed by atoms with Gasteiger partial charge in [0, 0.05) is 37.3 Å². The second-order valence-electron chi connectivity index (χ2n) is 3.89. The van der Waals surface area contributed by atoms with Gasteiger partial charge in [0.2, 0.25) is 0 Å². The number of hydrogen-bond donors (Lipinski definition) is 1. The molecule has 0 atom stereocenters. The Kier molecular flexibility index (Phi) is 3.72. The first-order valence-corrected chi connectivity index (χ1v) is 5.53. The summed E-state index contributed by atoms with van der Waals surface area (Å²) in [6.45, 7) is 1.36. The van der Waals surface area contributed by atoms with Crippen LogP contribution in [0.2, 0.25) is 0 Å². The van der Waals surface area contributed by atoms with Gasteiger partial charge >= 0.3 is 0 Å². The van der Waals surface area contributed by atoms with Crippen LogP contribution in [0.15, 0.2) is 35.4 Å². The maximum Gasteiger partial charge on any atom is 0.132 e. The van der Waals surface area contributed by atoms with Gasteiger partial charge in [0.15, 0.2) is 0 Å². The zero-order valence-corrected chi connectivity index (χ0v) is 9.84. The highest BCUT2D eigenvalue weighted by molar-refractivity contribution is 5.38. The number of hydrogen-bond acceptors (Lipinski definition) is 5. The highest BCUT2D eigenvalue weighted by Gasteiger charge is 2.05. The molecule has 90 valence electrons. The Morgan fingerprint density at radius 2 is 2.29 bits per heavy atom. The predicted molar refractivity (Wildman–Crippen MR) is 65.6 cm³/mol. The van der Waals surface area contributed by atoms with Crippen molar-refractivity contribution in [3.63, 3.8) is 0 Å². The summed E-state index contributed by atoms with van der Waals surface area (Å²) >= 11 is 0. The number of nitrogens with two attached hydrogens (primary N) is 1. The zero-order chi connectivity index (χ0) is 12.1. The molecule has 2 N–H and O–H groups in total. The highest BCUT2D eigenvalue weighted by atomic mass is 16.3. The lowest BCUT2D eigenvalue weighted by atomic mass is 10.2. The molecular weight excluding hydrogens is 216 g/mol. The van der Waals surface area contributed by atoms with Crippen LogP contribution < -0.4 is 10.6 Å². The van der Waals surface area contributed by atoms with Gasteiger partial charge in [-0.2, -0.15) is 0 Å². The van der Waals surface area contributed by atoms with E-state index in [1.165, 1.54) is 0 Å². The molecule has 0 aliphatic heterocycles. The van der Waals surface area contributed by atoms with E-state index < -0.39 is 0 Å². The second-order valence-corrected chi connectivity index (χ2v) is 3.89.